The van der Waals surface area contributed by atoms with E-state index in [0.29, 0.717) is 16.9 Å². The van der Waals surface area contributed by atoms with E-state index in [0.717, 1.165) is 0 Å². The highest BCUT2D eigenvalue weighted by molar-refractivity contribution is 6.44. The Morgan fingerprint density at radius 2 is 2.19 bits per heavy atom. The monoisotopic (exact) mass is 219 g/mol. The molecule has 0 aliphatic rings. The summed E-state index contributed by atoms with van der Waals surface area (Å²) in [5.41, 5.74) is 5.62. The lowest BCUT2D eigenvalue weighted by atomic mass is 10.1. The van der Waals surface area contributed by atoms with Crippen LogP contribution in [0.1, 0.15) is 10.4 Å². The van der Waals surface area contributed by atoms with Gasteiger partial charge in [0.1, 0.15) is 5.65 Å². The second-order valence-corrected chi connectivity index (χ2v) is 3.15. The molecule has 0 aliphatic heterocycles. The van der Waals surface area contributed by atoms with E-state index in [-0.39, 0.29) is 5.56 Å². The molecule has 2 heterocycles. The van der Waals surface area contributed by atoms with Gasteiger partial charge in [-0.15, -0.1) is 0 Å². The maximum atomic E-state index is 11.4. The molecular weight excluding hydrogens is 210 g/mol. The van der Waals surface area contributed by atoms with Gasteiger partial charge in [-0.2, -0.15) is 4.98 Å². The van der Waals surface area contributed by atoms with E-state index in [1.54, 1.807) is 12.1 Å². The highest BCUT2D eigenvalue weighted by Crippen LogP contribution is 2.19. The van der Waals surface area contributed by atoms with Crippen LogP contribution in [0.2, 0.25) is 0 Å². The van der Waals surface area contributed by atoms with E-state index in [2.05, 4.69) is 9.97 Å². The molecule has 82 valence electrons. The van der Waals surface area contributed by atoms with Gasteiger partial charge in [0.15, 0.2) is 0 Å². The zero-order chi connectivity index (χ0) is 11.7. The number of aromatic amines is 1. The topological polar surface area (TPSA) is 98.1 Å². The Morgan fingerprint density at radius 1 is 1.44 bits per heavy atom. The molecule has 6 nitrogen and oxygen atoms in total. The minimum Gasteiger partial charge on any atom is -0.481 e. The van der Waals surface area contributed by atoms with Crippen LogP contribution >= 0.6 is 0 Å². The lowest BCUT2D eigenvalue weighted by Gasteiger charge is -1.98. The van der Waals surface area contributed by atoms with Crippen molar-refractivity contribution in [2.75, 3.05) is 7.11 Å². The zero-order valence-electron chi connectivity index (χ0n) is 8.48. The van der Waals surface area contributed by atoms with E-state index in [4.69, 9.17) is 10.5 Å². The second-order valence-electron chi connectivity index (χ2n) is 3.15. The Balaban J connectivity index is 2.58. The lowest BCUT2D eigenvalue weighted by molar-refractivity contribution is -0.114. The maximum Gasteiger partial charge on any atom is 0.289 e. The number of carbonyl (C=O) groups is 2. The Kier molecular flexibility index (Phi) is 2.32. The number of pyridine rings is 1. The van der Waals surface area contributed by atoms with E-state index in [1.165, 1.54) is 13.3 Å². The molecule has 0 unspecified atom stereocenters. The molecule has 0 fully saturated rings. The molecule has 0 aliphatic carbocycles. The summed E-state index contributed by atoms with van der Waals surface area (Å²) in [4.78, 5) is 29.1. The number of nitrogens with zero attached hydrogens (tertiary/aromatic N) is 1. The average molecular weight is 219 g/mol. The van der Waals surface area contributed by atoms with Crippen molar-refractivity contribution in [3.63, 3.8) is 0 Å². The van der Waals surface area contributed by atoms with Crippen LogP contribution in [-0.4, -0.2) is 28.8 Å². The lowest BCUT2D eigenvalue weighted by Crippen LogP contribution is -2.22. The highest BCUT2D eigenvalue weighted by Gasteiger charge is 2.17. The minimum atomic E-state index is -0.989. The number of fused-ring (bicyclic) bond motifs is 1. The van der Waals surface area contributed by atoms with Crippen LogP contribution in [0.3, 0.4) is 0 Å². The fraction of sp³-hybridized carbons (Fsp3) is 0.100. The van der Waals surface area contributed by atoms with Crippen molar-refractivity contribution < 1.29 is 14.3 Å². The molecule has 2 rings (SSSR count). The summed E-state index contributed by atoms with van der Waals surface area (Å²) < 4.78 is 4.93. The van der Waals surface area contributed by atoms with Crippen molar-refractivity contribution in [2.45, 2.75) is 0 Å². The number of carbonyl (C=O) groups excluding carboxylic acids is 2. The Morgan fingerprint density at radius 3 is 2.81 bits per heavy atom. The number of aromatic nitrogens is 2. The molecule has 1 amide bonds. The number of rotatable bonds is 3. The number of hydrogen-bond acceptors (Lipinski definition) is 4. The van der Waals surface area contributed by atoms with Crippen LogP contribution in [0.25, 0.3) is 11.0 Å². The first-order valence-electron chi connectivity index (χ1n) is 4.49. The van der Waals surface area contributed by atoms with Crippen LogP contribution in [0.4, 0.5) is 0 Å². The molecule has 16 heavy (non-hydrogen) atoms. The summed E-state index contributed by atoms with van der Waals surface area (Å²) >= 11 is 0. The molecular formula is C10H9N3O3. The fourth-order valence-electron chi connectivity index (χ4n) is 1.42. The quantitative estimate of drug-likeness (QED) is 0.570. The van der Waals surface area contributed by atoms with E-state index >= 15 is 0 Å². The normalized spacial score (nSPS) is 10.3. The molecule has 0 aromatic carbocycles. The number of primary amides is 1. The van der Waals surface area contributed by atoms with Crippen molar-refractivity contribution >= 4 is 22.7 Å². The summed E-state index contributed by atoms with van der Waals surface area (Å²) in [7, 11) is 1.49. The van der Waals surface area contributed by atoms with E-state index < -0.39 is 11.7 Å². The molecule has 0 spiro atoms. The van der Waals surface area contributed by atoms with Crippen LogP contribution in [0.5, 0.6) is 5.88 Å². The van der Waals surface area contributed by atoms with Crippen LogP contribution in [-0.2, 0) is 4.79 Å². The average Bonchev–Trinajstić information content (AvgIpc) is 2.70. The SMILES string of the molecule is COc1ccc2c(C(=O)C(N)=O)c[nH]c2n1. The molecule has 0 radical (unpaired) electrons. The Bertz CT molecular complexity index is 574. The van der Waals surface area contributed by atoms with Crippen molar-refractivity contribution in [1.29, 1.82) is 0 Å². The van der Waals surface area contributed by atoms with Crippen molar-refractivity contribution in [3.05, 3.63) is 23.9 Å². The smallest absolute Gasteiger partial charge is 0.289 e. The molecule has 3 N–H and O–H groups in total. The summed E-state index contributed by atoms with van der Waals surface area (Å²) in [6, 6.07) is 3.25. The van der Waals surface area contributed by atoms with Crippen molar-refractivity contribution in [1.82, 2.24) is 9.97 Å². The number of H-pyrrole nitrogens is 1. The van der Waals surface area contributed by atoms with Gasteiger partial charge in [-0.1, -0.05) is 0 Å². The molecule has 0 atom stereocenters. The third-order valence-electron chi connectivity index (χ3n) is 2.19. The predicted molar refractivity (Wildman–Crippen MR) is 56.2 cm³/mol. The van der Waals surface area contributed by atoms with Gasteiger partial charge < -0.3 is 15.5 Å². The molecule has 0 saturated carbocycles. The van der Waals surface area contributed by atoms with Gasteiger partial charge in [-0.05, 0) is 6.07 Å². The molecule has 0 saturated heterocycles. The molecule has 2 aromatic rings. The summed E-state index contributed by atoms with van der Waals surface area (Å²) in [5, 5.41) is 0.546. The van der Waals surface area contributed by atoms with E-state index in [9.17, 15) is 9.59 Å². The zero-order valence-corrected chi connectivity index (χ0v) is 8.48. The van der Waals surface area contributed by atoms with Crippen LogP contribution < -0.4 is 10.5 Å². The minimum absolute atomic E-state index is 0.220. The Hall–Kier alpha value is -2.37. The van der Waals surface area contributed by atoms with Gasteiger partial charge in [0, 0.05) is 17.6 Å². The maximum absolute atomic E-state index is 11.4. The molecule has 6 heteroatoms. The number of ketones is 1. The number of nitrogens with two attached hydrogens (primary N) is 1. The number of ether oxygens (including phenoxy) is 1. The first kappa shape index (κ1) is 10.2. The van der Waals surface area contributed by atoms with Gasteiger partial charge in [-0.3, -0.25) is 9.59 Å². The largest absolute Gasteiger partial charge is 0.481 e. The van der Waals surface area contributed by atoms with Gasteiger partial charge >= 0.3 is 0 Å². The fourth-order valence-corrected chi connectivity index (χ4v) is 1.42. The molecule has 0 bridgehead atoms. The number of nitrogens with one attached hydrogen (secondary N) is 1. The standard InChI is InChI=1S/C10H9N3O3/c1-16-7-3-2-5-6(8(14)9(11)15)4-12-10(5)13-7/h2-4H,1H3,(H2,11,15)(H,12,13). The second kappa shape index (κ2) is 3.65. The Labute approximate surface area is 90.4 Å². The number of methoxy groups -OCH3 is 1. The van der Waals surface area contributed by atoms with E-state index in [1.807, 2.05) is 0 Å². The molecule has 2 aromatic heterocycles. The van der Waals surface area contributed by atoms with Gasteiger partial charge in [0.25, 0.3) is 11.7 Å². The summed E-state index contributed by atoms with van der Waals surface area (Å²) in [6.45, 7) is 0. The number of amides is 1. The highest BCUT2D eigenvalue weighted by atomic mass is 16.5. The third-order valence-corrected chi connectivity index (χ3v) is 2.19. The van der Waals surface area contributed by atoms with Gasteiger partial charge in [0.05, 0.1) is 12.7 Å². The van der Waals surface area contributed by atoms with Crippen LogP contribution in [0, 0.1) is 0 Å². The first-order valence-corrected chi connectivity index (χ1v) is 4.49. The first-order chi connectivity index (χ1) is 7.63. The summed E-state index contributed by atoms with van der Waals surface area (Å²) in [5.74, 6) is -1.30. The van der Waals surface area contributed by atoms with Crippen molar-refractivity contribution in [3.8, 4) is 5.88 Å². The van der Waals surface area contributed by atoms with Gasteiger partial charge in [0.2, 0.25) is 5.88 Å². The number of hydrogen-bond donors (Lipinski definition) is 2. The van der Waals surface area contributed by atoms with Crippen LogP contribution in [0.15, 0.2) is 18.3 Å². The predicted octanol–water partition coefficient (Wildman–Crippen LogP) is 0.240. The van der Waals surface area contributed by atoms with Crippen molar-refractivity contribution in [2.24, 2.45) is 5.73 Å². The third kappa shape index (κ3) is 1.50. The number of Topliss-reactive ketones (excluding diaryl/α,β-unsaturated/α-hetero) is 1. The van der Waals surface area contributed by atoms with Gasteiger partial charge in [-0.25, -0.2) is 0 Å². The summed E-state index contributed by atoms with van der Waals surface area (Å²) in [6.07, 6.45) is 1.41.